The molecule has 0 bridgehead atoms. The van der Waals surface area contributed by atoms with Crippen LogP contribution < -0.4 is 115 Å². The molecule has 14 N–H and O–H groups in total. The van der Waals surface area contributed by atoms with E-state index in [1.807, 2.05) is 24.5 Å². The molecule has 0 spiro atoms. The first-order valence-corrected chi connectivity index (χ1v) is 49.7. The molecule has 8 saturated heterocycles. The molecule has 0 saturated carbocycles. The van der Waals surface area contributed by atoms with Crippen molar-refractivity contribution in [3.63, 3.8) is 0 Å². The molecule has 17 rings (SSSR count). The first-order valence-electron chi connectivity index (χ1n) is 46.5. The summed E-state index contributed by atoms with van der Waals surface area (Å²) in [5.74, 6) is -18.6. The summed E-state index contributed by atoms with van der Waals surface area (Å²) < 4.78 is 5.11. The molecule has 12 heterocycles. The largest absolute Gasteiger partial charge is 1.00 e. The van der Waals surface area contributed by atoms with Crippen LogP contribution in [0.2, 0.25) is 0 Å². The molecule has 46 nitrogen and oxygen atoms in total. The number of rotatable bonds is 28. The summed E-state index contributed by atoms with van der Waals surface area (Å²) in [6, 6.07) is 23.4. The third-order valence-corrected chi connectivity index (χ3v) is 32.7. The van der Waals surface area contributed by atoms with Gasteiger partial charge in [0, 0.05) is 110 Å². The zero-order chi connectivity index (χ0) is 108. The molecule has 5 aromatic carbocycles. The molecule has 12 aliphatic rings. The number of carbonyl (C=O) groups excluding carboxylic acids is 17. The number of amides is 9. The fourth-order valence-electron chi connectivity index (χ4n) is 20.5. The molecule has 0 aliphatic carbocycles. The number of halogens is 1. The van der Waals surface area contributed by atoms with Crippen molar-refractivity contribution in [2.45, 2.75) is 182 Å². The number of carboxylic acids is 7. The number of β-lactam (4-membered cyclic amide) rings is 4. The number of nitrogens with two attached hydrogens (primary N) is 2. The molecule has 24 atom stereocenters. The monoisotopic (exact) mass is 2160 g/mol. The van der Waals surface area contributed by atoms with Crippen LogP contribution in [0.25, 0.3) is 0 Å². The predicted octanol–water partition coefficient (Wildman–Crippen LogP) is -11.8. The summed E-state index contributed by atoms with van der Waals surface area (Å²) in [6.07, 6.45) is -3.64. The number of anilines is 4. The third kappa shape index (κ3) is 24.7. The van der Waals surface area contributed by atoms with E-state index in [4.69, 9.17) is 9.84 Å². The molecule has 52 heteroatoms. The van der Waals surface area contributed by atoms with E-state index in [0.717, 1.165) is 58.8 Å². The number of nitro benzene ring substituents is 1. The van der Waals surface area contributed by atoms with E-state index in [9.17, 15) is 153 Å². The Labute approximate surface area is 895 Å². The van der Waals surface area contributed by atoms with Crippen molar-refractivity contribution < 1.29 is 210 Å². The standard InChI is InChI=1S/C29H28N4O10S.C23H25N3O9S.C22H25N3O7S.C12H14N2O3S.C11H15NO4.ClH.Na/c1-13-22-21(14(2)34)26(36)32(22)23(29(40)43-28(39)15-6-8-18(9-7-15)33(41)42)24(13)44-19-11-20(30-12-19)25(35)31-17-5-3-4-16(10-17)27(37)38;1-9-16-15(10(2)27)20(29)26(16)17(22(32)33)18(9)36-13-7-14(25(8-13)23(34)35)19(28)24-12-5-3-4-11(6-12)21(30)31;1-9-16-15(10(2)26)20(28)25(16)17(22(31)32)18(9)33-13-7-14(23-8-13)19(27)24-12-5-3-4-11(6-12)21(29)30;15-11(10-5-9(18)6-13-10)14-8-3-1-2-7(4-8)12(16)17;1-4-5(2)9(11(15)16)12-8(4)7(6(3)13)10(12)14;;/h3-10,13-14,19-22,30,34H,11-12H2,1-2H3,(H,31,35)(H,37,38);3-6,9-10,13-16,27H,7-8H2,1-2H3,(H,24,28)(H,30,31)(H,32,33)(H,34,35);3-6,9-10,13-16,23,26H,7-8H2,1-2H3,(H,24,27)(H,29,30)(H,31,32);1-4,9-10,13,18H,5-6H2,(H,14,15)(H,16,17);4,6-8,13H,1-3H3,(H,15,16);1H;/q;;;;;;+1/p-6/t13-,14-,19+,20+,21-,22-;2*9-,10-,13+,14+,15-,16-;9-,10-;4-,6+,7+,8+;;/m11100../s1. The number of nitrogens with one attached hydrogen (secondary N) is 5. The van der Waals surface area contributed by atoms with Crippen LogP contribution in [0.5, 0.6) is 0 Å². The molecule has 0 unspecified atom stereocenters. The fourth-order valence-corrected chi connectivity index (χ4v) is 25.3. The van der Waals surface area contributed by atoms with Gasteiger partial charge in [-0.2, -0.15) is 12.6 Å². The molecular weight excluding hydrogens is 2060 g/mol. The molecular formula is C97H102ClN13NaO33S4-5. The SMILES string of the molecule is CC1=C(C(=O)[O-])N2C(=O)[C@H]([C@@H](C)O)[C@H]2[C@H]1C.C[C@@H](O)[C@H]1C(=O)N2C(C(=O)OC(=O)c3ccc([N+](=O)[O-])cc3)=C(S[C@@H]3CN[C@H](C(=O)Nc4cccc(C(=O)[O-])c4)C3)[C@H](C)[C@H]12.C[C@@H](O)[C@H]1C(=O)N2C(C(=O)[O-])=C(S[C@@H]3C[NH2+][C@H](C(=O)Nc4cccc(C(=O)[O-])c4)C3)[C@H](C)[C@H]12.C[C@@H](O)[C@H]1C(=O)N2C(C(=O)[O-])=C(S[C@H]3C[C@@H](C(=O)Nc4cccc(C(=O)[O-])c4)N(C(=O)[O-])C3)[C@H](C)[C@H]12.O=C(O)c1cccc(NC(=O)[C@@H]2C[C@H](S)C[NH2+]2)c1.[Cl-].[Na+]. The minimum absolute atomic E-state index is 0. The van der Waals surface area contributed by atoms with Crippen molar-refractivity contribution in [2.75, 3.05) is 47.4 Å². The van der Waals surface area contributed by atoms with Gasteiger partial charge in [0.15, 0.2) is 12.1 Å². The number of hydrogen-bond donors (Lipinski definition) is 13. The summed E-state index contributed by atoms with van der Waals surface area (Å²) in [4.78, 5) is 234. The number of thioether (sulfide) groups is 3. The van der Waals surface area contributed by atoms with Gasteiger partial charge in [-0.15, -0.1) is 35.3 Å². The number of esters is 2. The molecule has 149 heavy (non-hydrogen) atoms. The van der Waals surface area contributed by atoms with Crippen molar-refractivity contribution in [3.05, 3.63) is 202 Å². The third-order valence-electron chi connectivity index (χ3n) is 27.8. The van der Waals surface area contributed by atoms with Crippen molar-refractivity contribution in [2.24, 2.45) is 47.3 Å². The van der Waals surface area contributed by atoms with Gasteiger partial charge in [-0.25, -0.2) is 14.4 Å². The van der Waals surface area contributed by atoms with E-state index in [0.29, 0.717) is 57.6 Å². The number of ether oxygens (including phenoxy) is 1. The van der Waals surface area contributed by atoms with Gasteiger partial charge in [0.25, 0.3) is 17.5 Å². The zero-order valence-corrected chi connectivity index (χ0v) is 87.2. The van der Waals surface area contributed by atoms with E-state index in [2.05, 4.69) is 39.2 Å². The van der Waals surface area contributed by atoms with E-state index in [-0.39, 0.29) is 180 Å². The topological polar surface area (TPSA) is 732 Å². The Morgan fingerprint density at radius 1 is 0.450 bits per heavy atom. The van der Waals surface area contributed by atoms with Gasteiger partial charge in [0.1, 0.15) is 17.8 Å². The summed E-state index contributed by atoms with van der Waals surface area (Å²) in [6.45, 7) is 16.6. The second-order valence-corrected chi connectivity index (χ2v) is 42.1. The number of quaternary nitrogens is 2. The average molecular weight is 2160 g/mol. The number of benzene rings is 5. The second kappa shape index (κ2) is 48.5. The second-order valence-electron chi connectivity index (χ2n) is 37.3. The molecule has 790 valence electrons. The number of hydrogen-bond acceptors (Lipinski definition) is 37. The van der Waals surface area contributed by atoms with Crippen LogP contribution >= 0.6 is 47.9 Å². The zero-order valence-electron chi connectivity index (χ0n) is 81.1. The number of aliphatic hydroxyl groups excluding tert-OH is 4. The number of fused-ring (bicyclic) bond motifs is 4. The summed E-state index contributed by atoms with van der Waals surface area (Å²) in [5.41, 5.74) is 0.896. The number of nitro groups is 1. The van der Waals surface area contributed by atoms with Gasteiger partial charge in [-0.1, -0.05) is 70.2 Å². The number of nitrogens with zero attached hydrogens (tertiary/aromatic N) is 6. The maximum absolute atomic E-state index is 13.4. The number of carboxylic acid groups (broad SMARTS) is 8. The van der Waals surface area contributed by atoms with Gasteiger partial charge in [0.2, 0.25) is 35.4 Å². The molecule has 9 amide bonds. The molecule has 0 radical (unpaired) electrons. The fraction of sp³-hybridized carbons (Fsp3) is 0.423. The Balaban J connectivity index is 0.000000184. The van der Waals surface area contributed by atoms with Gasteiger partial charge >= 0.3 is 47.5 Å². The number of carbonyl (C=O) groups is 18. The molecule has 12 aliphatic heterocycles. The van der Waals surface area contributed by atoms with Crippen LogP contribution in [-0.2, 0) is 62.3 Å². The average Bonchev–Trinajstić information content (AvgIpc) is 1.59. The van der Waals surface area contributed by atoms with E-state index in [1.165, 1.54) is 132 Å². The maximum atomic E-state index is 13.4. The van der Waals surface area contributed by atoms with Gasteiger partial charge < -0.3 is 174 Å². The van der Waals surface area contributed by atoms with Gasteiger partial charge in [-0.3, -0.25) is 48.5 Å². The van der Waals surface area contributed by atoms with Crippen molar-refractivity contribution in [1.82, 2.24) is 29.8 Å². The number of non-ortho nitro benzene ring substituents is 1. The number of thiol groups is 1. The summed E-state index contributed by atoms with van der Waals surface area (Å²) >= 11 is 8.00. The van der Waals surface area contributed by atoms with Gasteiger partial charge in [0.05, 0.1) is 171 Å². The number of aliphatic carboxylic acids is 3. The smallest absolute Gasteiger partial charge is 1.00 e. The predicted molar refractivity (Wildman–Crippen MR) is 507 cm³/mol. The molecule has 0 aromatic heterocycles. The van der Waals surface area contributed by atoms with E-state index in [1.54, 1.807) is 52.0 Å². The van der Waals surface area contributed by atoms with Crippen LogP contribution in [-0.4, -0.2) is 282 Å². The van der Waals surface area contributed by atoms with Crippen molar-refractivity contribution >= 4 is 183 Å². The van der Waals surface area contributed by atoms with Crippen LogP contribution in [0.4, 0.5) is 33.2 Å². The minimum atomic E-state index is -1.59. The maximum Gasteiger partial charge on any atom is 1.00 e. The van der Waals surface area contributed by atoms with Crippen LogP contribution in [0.15, 0.2) is 164 Å². The van der Waals surface area contributed by atoms with E-state index < -0.39 is 196 Å². The summed E-state index contributed by atoms with van der Waals surface area (Å²) in [5, 5.41) is 156. The normalized spacial score (nSPS) is 27.1. The molecule has 5 aromatic rings. The van der Waals surface area contributed by atoms with Crippen LogP contribution in [0.3, 0.4) is 0 Å². The Morgan fingerprint density at radius 2 is 0.812 bits per heavy atom. The number of aromatic carboxylic acids is 4. The summed E-state index contributed by atoms with van der Waals surface area (Å²) in [7, 11) is 0. The van der Waals surface area contributed by atoms with E-state index >= 15 is 0 Å². The quantitative estimate of drug-likeness (QED) is 0.00421. The first kappa shape index (κ1) is 117. The van der Waals surface area contributed by atoms with Crippen molar-refractivity contribution in [1.29, 1.82) is 0 Å². The minimum Gasteiger partial charge on any atom is -1.00 e. The van der Waals surface area contributed by atoms with Gasteiger partial charge in [-0.05, 0) is 136 Å². The first-order chi connectivity index (χ1) is 69.3. The van der Waals surface area contributed by atoms with Crippen LogP contribution in [0.1, 0.15) is 140 Å². The Kier molecular flexibility index (Phi) is 38.0. The van der Waals surface area contributed by atoms with Crippen LogP contribution in [0, 0.1) is 57.5 Å². The number of likely N-dealkylation sites (tertiary alicyclic amines) is 1. The Morgan fingerprint density at radius 3 is 1.20 bits per heavy atom. The van der Waals surface area contributed by atoms with Crippen molar-refractivity contribution in [3.8, 4) is 0 Å². The Hall–Kier alpha value is -12.7. The molecule has 8 fully saturated rings. The number of aliphatic hydroxyl groups is 4. The Bertz CT molecular complexity index is 6370.